The maximum atomic E-state index is 9.71. The van der Waals surface area contributed by atoms with Crippen molar-refractivity contribution >= 4 is 11.8 Å². The van der Waals surface area contributed by atoms with E-state index in [1.807, 2.05) is 6.07 Å². The summed E-state index contributed by atoms with van der Waals surface area (Å²) in [7, 11) is 1.36. The van der Waals surface area contributed by atoms with Crippen LogP contribution in [0, 0.1) is 11.3 Å². The Kier molecular flexibility index (Phi) is 6.19. The molecule has 7 heteroatoms. The number of thioether (sulfide) groups is 1. The fourth-order valence-corrected chi connectivity index (χ4v) is 2.48. The molecule has 1 aliphatic rings. The summed E-state index contributed by atoms with van der Waals surface area (Å²) in [5, 5.41) is 37.2. The van der Waals surface area contributed by atoms with Crippen molar-refractivity contribution in [1.82, 2.24) is 0 Å². The third-order valence-electron chi connectivity index (χ3n) is 2.54. The molecule has 1 aliphatic heterocycles. The molecule has 1 heterocycles. The Labute approximate surface area is 104 Å². The van der Waals surface area contributed by atoms with E-state index >= 15 is 0 Å². The third kappa shape index (κ3) is 3.81. The number of hydrogen-bond acceptors (Lipinski definition) is 7. The van der Waals surface area contributed by atoms with E-state index in [-0.39, 0.29) is 0 Å². The summed E-state index contributed by atoms with van der Waals surface area (Å²) in [5.74, 6) is 1.08. The monoisotopic (exact) mass is 263 g/mol. The van der Waals surface area contributed by atoms with Gasteiger partial charge in [-0.2, -0.15) is 17.0 Å². The molecule has 0 aliphatic carbocycles. The number of nitrogens with zero attached hydrogens (tertiary/aromatic N) is 1. The van der Waals surface area contributed by atoms with Gasteiger partial charge in [0.1, 0.15) is 18.3 Å². The third-order valence-corrected chi connectivity index (χ3v) is 3.60. The molecule has 5 atom stereocenters. The van der Waals surface area contributed by atoms with Crippen LogP contribution in [0.15, 0.2) is 0 Å². The molecule has 0 unspecified atom stereocenters. The van der Waals surface area contributed by atoms with Gasteiger partial charge in [-0.1, -0.05) is 0 Å². The van der Waals surface area contributed by atoms with Gasteiger partial charge in [-0.25, -0.2) is 0 Å². The highest BCUT2D eigenvalue weighted by Gasteiger charge is 2.43. The van der Waals surface area contributed by atoms with Gasteiger partial charge in [-0.15, -0.1) is 0 Å². The molecule has 0 aromatic carbocycles. The average molecular weight is 263 g/mol. The lowest BCUT2D eigenvalue weighted by Gasteiger charge is -2.39. The van der Waals surface area contributed by atoms with Crippen LogP contribution in [0.3, 0.4) is 0 Å². The van der Waals surface area contributed by atoms with Gasteiger partial charge in [0, 0.05) is 25.0 Å². The van der Waals surface area contributed by atoms with Gasteiger partial charge in [-0.05, 0) is 0 Å². The van der Waals surface area contributed by atoms with Crippen LogP contribution in [0.2, 0.25) is 0 Å². The highest BCUT2D eigenvalue weighted by Crippen LogP contribution is 2.24. The summed E-state index contributed by atoms with van der Waals surface area (Å²) < 4.78 is 10.2. The lowest BCUT2D eigenvalue weighted by molar-refractivity contribution is -0.284. The van der Waals surface area contributed by atoms with Crippen LogP contribution in [-0.4, -0.2) is 64.6 Å². The number of hydrogen-bond donors (Lipinski definition) is 3. The van der Waals surface area contributed by atoms with Gasteiger partial charge in [-0.3, -0.25) is 0 Å². The summed E-state index contributed by atoms with van der Waals surface area (Å²) in [4.78, 5) is 0. The number of aliphatic hydroxyl groups excluding tert-OH is 3. The molecule has 0 bridgehead atoms. The molecule has 3 N–H and O–H groups in total. The molecular weight excluding hydrogens is 246 g/mol. The molecule has 17 heavy (non-hydrogen) atoms. The zero-order chi connectivity index (χ0) is 12.8. The molecule has 0 saturated carbocycles. The van der Waals surface area contributed by atoms with Crippen LogP contribution in [0.4, 0.5) is 0 Å². The summed E-state index contributed by atoms with van der Waals surface area (Å²) in [6, 6.07) is 2.01. The lowest BCUT2D eigenvalue weighted by Crippen LogP contribution is -2.58. The Morgan fingerprint density at radius 1 is 1.29 bits per heavy atom. The van der Waals surface area contributed by atoms with Crippen LogP contribution in [0.25, 0.3) is 0 Å². The van der Waals surface area contributed by atoms with Crippen LogP contribution >= 0.6 is 11.8 Å². The highest BCUT2D eigenvalue weighted by atomic mass is 32.2. The normalized spacial score (nSPS) is 37.7. The summed E-state index contributed by atoms with van der Waals surface area (Å²) >= 11 is 1.45. The SMILES string of the molecule is CO[C@H]1O[C@H](CSCCC#N)[C@@H](O)[C@H](O)[C@H]1O. The first-order valence-corrected chi connectivity index (χ1v) is 6.44. The molecule has 1 saturated heterocycles. The summed E-state index contributed by atoms with van der Waals surface area (Å²) in [5.41, 5.74) is 0. The smallest absolute Gasteiger partial charge is 0.186 e. The fraction of sp³-hybridized carbons (Fsp3) is 0.900. The predicted octanol–water partition coefficient (Wildman–Crippen LogP) is -0.913. The van der Waals surface area contributed by atoms with E-state index in [0.717, 1.165) is 0 Å². The first-order valence-electron chi connectivity index (χ1n) is 5.29. The van der Waals surface area contributed by atoms with Crippen LogP contribution < -0.4 is 0 Å². The van der Waals surface area contributed by atoms with E-state index in [9.17, 15) is 15.3 Å². The van der Waals surface area contributed by atoms with Crippen LogP contribution in [0.1, 0.15) is 6.42 Å². The van der Waals surface area contributed by atoms with E-state index in [1.165, 1.54) is 18.9 Å². The minimum absolute atomic E-state index is 0.423. The number of methoxy groups -OCH3 is 1. The number of nitriles is 1. The van der Waals surface area contributed by atoms with Crippen molar-refractivity contribution in [2.75, 3.05) is 18.6 Å². The van der Waals surface area contributed by atoms with Crippen molar-refractivity contribution in [2.45, 2.75) is 37.1 Å². The molecule has 0 aromatic rings. The van der Waals surface area contributed by atoms with Crippen molar-refractivity contribution < 1.29 is 24.8 Å². The number of aliphatic hydroxyl groups is 3. The van der Waals surface area contributed by atoms with Crippen molar-refractivity contribution in [3.8, 4) is 6.07 Å². The first kappa shape index (κ1) is 14.7. The molecule has 6 nitrogen and oxygen atoms in total. The number of ether oxygens (including phenoxy) is 2. The van der Waals surface area contributed by atoms with E-state index in [2.05, 4.69) is 0 Å². The van der Waals surface area contributed by atoms with E-state index < -0.39 is 30.7 Å². The Morgan fingerprint density at radius 2 is 2.00 bits per heavy atom. The van der Waals surface area contributed by atoms with Crippen LogP contribution in [-0.2, 0) is 9.47 Å². The topological polar surface area (TPSA) is 103 Å². The largest absolute Gasteiger partial charge is 0.388 e. The van der Waals surface area contributed by atoms with Gasteiger partial charge >= 0.3 is 0 Å². The van der Waals surface area contributed by atoms with Crippen molar-refractivity contribution in [3.05, 3.63) is 0 Å². The lowest BCUT2D eigenvalue weighted by atomic mass is 10.00. The van der Waals surface area contributed by atoms with Gasteiger partial charge < -0.3 is 24.8 Å². The molecule has 0 amide bonds. The molecule has 0 spiro atoms. The highest BCUT2D eigenvalue weighted by molar-refractivity contribution is 7.99. The van der Waals surface area contributed by atoms with Gasteiger partial charge in [0.15, 0.2) is 6.29 Å². The first-order chi connectivity index (χ1) is 8.11. The second-order valence-electron chi connectivity index (χ2n) is 3.73. The standard InChI is InChI=1S/C10H17NO5S/c1-15-10-9(14)8(13)7(12)6(16-10)5-17-4-2-3-11/h6-10,12-14H,2,4-5H2,1H3/t6-,7-,8+,9-,10+/m1/s1. The molecule has 0 aromatic heterocycles. The number of rotatable bonds is 5. The van der Waals surface area contributed by atoms with E-state index in [0.29, 0.717) is 17.9 Å². The average Bonchev–Trinajstić information content (AvgIpc) is 2.34. The maximum absolute atomic E-state index is 9.71. The zero-order valence-corrected chi connectivity index (χ0v) is 10.3. The predicted molar refractivity (Wildman–Crippen MR) is 61.2 cm³/mol. The quantitative estimate of drug-likeness (QED) is 0.552. The molecular formula is C10H17NO5S. The van der Waals surface area contributed by atoms with Crippen molar-refractivity contribution in [2.24, 2.45) is 0 Å². The summed E-state index contributed by atoms with van der Waals surface area (Å²) in [6.45, 7) is 0. The van der Waals surface area contributed by atoms with Gasteiger partial charge in [0.05, 0.1) is 12.2 Å². The minimum Gasteiger partial charge on any atom is -0.388 e. The van der Waals surface area contributed by atoms with Gasteiger partial charge in [0.25, 0.3) is 0 Å². The minimum atomic E-state index is -1.28. The van der Waals surface area contributed by atoms with Gasteiger partial charge in [0.2, 0.25) is 0 Å². The molecule has 1 rings (SSSR count). The Morgan fingerprint density at radius 3 is 2.59 bits per heavy atom. The summed E-state index contributed by atoms with van der Waals surface area (Å²) in [6.07, 6.45) is -4.81. The Balaban J connectivity index is 2.45. The second-order valence-corrected chi connectivity index (χ2v) is 4.88. The van der Waals surface area contributed by atoms with Crippen molar-refractivity contribution in [3.63, 3.8) is 0 Å². The zero-order valence-electron chi connectivity index (χ0n) is 9.52. The maximum Gasteiger partial charge on any atom is 0.186 e. The Bertz CT molecular complexity index is 270. The van der Waals surface area contributed by atoms with E-state index in [4.69, 9.17) is 14.7 Å². The second kappa shape index (κ2) is 7.16. The molecule has 1 fully saturated rings. The Hall–Kier alpha value is -0.360. The van der Waals surface area contributed by atoms with Crippen molar-refractivity contribution in [1.29, 1.82) is 5.26 Å². The fourth-order valence-electron chi connectivity index (χ4n) is 1.57. The van der Waals surface area contributed by atoms with E-state index in [1.54, 1.807) is 0 Å². The molecule has 0 radical (unpaired) electrons. The molecule has 98 valence electrons. The van der Waals surface area contributed by atoms with Crippen LogP contribution in [0.5, 0.6) is 0 Å².